The van der Waals surface area contributed by atoms with Gasteiger partial charge in [0.1, 0.15) is 11.5 Å². The molecular formula is C18H25NO4. The molecule has 0 unspecified atom stereocenters. The van der Waals surface area contributed by atoms with E-state index in [4.69, 9.17) is 9.47 Å². The molecular weight excluding hydrogens is 294 g/mol. The smallest absolute Gasteiger partial charge is 0.258 e. The van der Waals surface area contributed by atoms with Crippen LogP contribution in [0.5, 0.6) is 11.5 Å². The van der Waals surface area contributed by atoms with Crippen LogP contribution in [0.1, 0.15) is 55.8 Å². The number of rotatable bonds is 6. The molecule has 5 nitrogen and oxygen atoms in total. The summed E-state index contributed by atoms with van der Waals surface area (Å²) in [5, 5.41) is 3.03. The summed E-state index contributed by atoms with van der Waals surface area (Å²) in [6.45, 7) is 1.39. The minimum absolute atomic E-state index is 0.0802. The van der Waals surface area contributed by atoms with Crippen molar-refractivity contribution >= 4 is 11.7 Å². The molecule has 1 aromatic rings. The molecule has 0 bridgehead atoms. The second-order valence-corrected chi connectivity index (χ2v) is 5.96. The van der Waals surface area contributed by atoms with E-state index in [-0.39, 0.29) is 24.3 Å². The number of hydrogen-bond donors (Lipinski definition) is 1. The Morgan fingerprint density at radius 1 is 1.17 bits per heavy atom. The lowest BCUT2D eigenvalue weighted by atomic mass is 10.1. The summed E-state index contributed by atoms with van der Waals surface area (Å²) in [5.41, 5.74) is 0.423. The molecule has 1 fully saturated rings. The van der Waals surface area contributed by atoms with E-state index >= 15 is 0 Å². The number of amides is 1. The minimum Gasteiger partial charge on any atom is -0.497 e. The Hall–Kier alpha value is -2.04. The largest absolute Gasteiger partial charge is 0.497 e. The first-order valence-electron chi connectivity index (χ1n) is 8.21. The molecule has 1 aromatic carbocycles. The lowest BCUT2D eigenvalue weighted by molar-refractivity contribution is -0.123. The number of carbonyl (C=O) groups excluding carboxylic acids is 2. The molecule has 126 valence electrons. The van der Waals surface area contributed by atoms with Gasteiger partial charge in [-0.25, -0.2) is 0 Å². The Kier molecular flexibility index (Phi) is 6.44. The molecule has 0 radical (unpaired) electrons. The van der Waals surface area contributed by atoms with Crippen LogP contribution in [0.4, 0.5) is 0 Å². The fourth-order valence-electron chi connectivity index (χ4n) is 2.87. The van der Waals surface area contributed by atoms with Crippen molar-refractivity contribution in [2.24, 2.45) is 0 Å². The van der Waals surface area contributed by atoms with Gasteiger partial charge in [-0.1, -0.05) is 25.7 Å². The maximum atomic E-state index is 12.1. The van der Waals surface area contributed by atoms with Crippen LogP contribution < -0.4 is 14.8 Å². The fraction of sp³-hybridized carbons (Fsp3) is 0.556. The van der Waals surface area contributed by atoms with Crippen LogP contribution in [0, 0.1) is 0 Å². The Balaban J connectivity index is 1.91. The van der Waals surface area contributed by atoms with E-state index in [2.05, 4.69) is 5.32 Å². The Morgan fingerprint density at radius 2 is 1.87 bits per heavy atom. The monoisotopic (exact) mass is 319 g/mol. The van der Waals surface area contributed by atoms with Crippen molar-refractivity contribution in [3.8, 4) is 11.5 Å². The maximum Gasteiger partial charge on any atom is 0.258 e. The molecule has 1 aliphatic carbocycles. The number of carbonyl (C=O) groups is 2. The van der Waals surface area contributed by atoms with Gasteiger partial charge >= 0.3 is 0 Å². The Labute approximate surface area is 137 Å². The number of methoxy groups -OCH3 is 1. The first-order valence-corrected chi connectivity index (χ1v) is 8.21. The molecule has 1 saturated carbocycles. The zero-order valence-corrected chi connectivity index (χ0v) is 13.9. The number of ketones is 1. The fourth-order valence-corrected chi connectivity index (χ4v) is 2.87. The van der Waals surface area contributed by atoms with E-state index in [1.165, 1.54) is 32.6 Å². The third kappa shape index (κ3) is 5.27. The zero-order valence-electron chi connectivity index (χ0n) is 13.9. The van der Waals surface area contributed by atoms with Gasteiger partial charge in [-0.15, -0.1) is 0 Å². The Morgan fingerprint density at radius 3 is 2.48 bits per heavy atom. The summed E-state index contributed by atoms with van der Waals surface area (Å²) >= 11 is 0. The van der Waals surface area contributed by atoms with Crippen molar-refractivity contribution in [1.82, 2.24) is 5.32 Å². The topological polar surface area (TPSA) is 64.6 Å². The molecule has 0 aromatic heterocycles. The van der Waals surface area contributed by atoms with Gasteiger partial charge in [-0.05, 0) is 38.0 Å². The van der Waals surface area contributed by atoms with Crippen molar-refractivity contribution in [3.05, 3.63) is 23.8 Å². The molecule has 23 heavy (non-hydrogen) atoms. The van der Waals surface area contributed by atoms with Gasteiger partial charge in [0.2, 0.25) is 0 Å². The summed E-state index contributed by atoms with van der Waals surface area (Å²) < 4.78 is 10.7. The lowest BCUT2D eigenvalue weighted by Crippen LogP contribution is -2.37. The molecule has 2 rings (SSSR count). The van der Waals surface area contributed by atoms with E-state index in [0.717, 1.165) is 12.8 Å². The van der Waals surface area contributed by atoms with Gasteiger partial charge in [-0.2, -0.15) is 0 Å². The SMILES string of the molecule is COc1ccc(OCC(=O)NC2CCCCCC2)c(C(C)=O)c1. The summed E-state index contributed by atoms with van der Waals surface area (Å²) in [6, 6.07) is 5.25. The van der Waals surface area contributed by atoms with Gasteiger partial charge in [0, 0.05) is 6.04 Å². The quantitative estimate of drug-likeness (QED) is 0.646. The van der Waals surface area contributed by atoms with Crippen molar-refractivity contribution in [2.45, 2.75) is 51.5 Å². The van der Waals surface area contributed by atoms with E-state index in [9.17, 15) is 9.59 Å². The Bertz CT molecular complexity index is 548. The van der Waals surface area contributed by atoms with Crippen LogP contribution in [0.15, 0.2) is 18.2 Å². The molecule has 1 aliphatic rings. The average molecular weight is 319 g/mol. The second kappa shape index (κ2) is 8.56. The lowest BCUT2D eigenvalue weighted by Gasteiger charge is -2.17. The predicted molar refractivity (Wildman–Crippen MR) is 88.1 cm³/mol. The van der Waals surface area contributed by atoms with E-state index < -0.39 is 0 Å². The van der Waals surface area contributed by atoms with E-state index in [1.807, 2.05) is 0 Å². The van der Waals surface area contributed by atoms with Crippen molar-refractivity contribution < 1.29 is 19.1 Å². The molecule has 0 spiro atoms. The maximum absolute atomic E-state index is 12.1. The normalized spacial score (nSPS) is 15.6. The summed E-state index contributed by atoms with van der Waals surface area (Å²) in [5.74, 6) is 0.741. The first-order chi connectivity index (χ1) is 11.1. The van der Waals surface area contributed by atoms with E-state index in [1.54, 1.807) is 25.3 Å². The van der Waals surface area contributed by atoms with Gasteiger partial charge in [0.15, 0.2) is 12.4 Å². The van der Waals surface area contributed by atoms with Crippen LogP contribution in [-0.2, 0) is 4.79 Å². The zero-order chi connectivity index (χ0) is 16.7. The van der Waals surface area contributed by atoms with Crippen molar-refractivity contribution in [1.29, 1.82) is 0 Å². The number of nitrogens with one attached hydrogen (secondary N) is 1. The number of benzene rings is 1. The van der Waals surface area contributed by atoms with Crippen LogP contribution in [0.3, 0.4) is 0 Å². The molecule has 1 amide bonds. The van der Waals surface area contributed by atoms with Crippen LogP contribution in [0.2, 0.25) is 0 Å². The average Bonchev–Trinajstić information content (AvgIpc) is 2.81. The molecule has 0 heterocycles. The van der Waals surface area contributed by atoms with Gasteiger partial charge in [0.05, 0.1) is 12.7 Å². The van der Waals surface area contributed by atoms with Gasteiger partial charge < -0.3 is 14.8 Å². The van der Waals surface area contributed by atoms with Crippen LogP contribution in [0.25, 0.3) is 0 Å². The third-order valence-electron chi connectivity index (χ3n) is 4.15. The van der Waals surface area contributed by atoms with Gasteiger partial charge in [0.25, 0.3) is 5.91 Å². The van der Waals surface area contributed by atoms with Gasteiger partial charge in [-0.3, -0.25) is 9.59 Å². The molecule has 5 heteroatoms. The second-order valence-electron chi connectivity index (χ2n) is 5.96. The molecule has 0 saturated heterocycles. The third-order valence-corrected chi connectivity index (χ3v) is 4.15. The minimum atomic E-state index is -0.137. The highest BCUT2D eigenvalue weighted by atomic mass is 16.5. The highest BCUT2D eigenvalue weighted by molar-refractivity contribution is 5.97. The predicted octanol–water partition coefficient (Wildman–Crippen LogP) is 3.12. The van der Waals surface area contributed by atoms with E-state index in [0.29, 0.717) is 17.1 Å². The van der Waals surface area contributed by atoms with Crippen LogP contribution in [-0.4, -0.2) is 31.4 Å². The highest BCUT2D eigenvalue weighted by Gasteiger charge is 2.16. The highest BCUT2D eigenvalue weighted by Crippen LogP contribution is 2.24. The summed E-state index contributed by atoms with van der Waals surface area (Å²) in [6.07, 6.45) is 6.89. The number of Topliss-reactive ketones (excluding diaryl/α,β-unsaturated/α-hetero) is 1. The van der Waals surface area contributed by atoms with Crippen molar-refractivity contribution in [3.63, 3.8) is 0 Å². The number of hydrogen-bond acceptors (Lipinski definition) is 4. The molecule has 0 atom stereocenters. The van der Waals surface area contributed by atoms with Crippen molar-refractivity contribution in [2.75, 3.05) is 13.7 Å². The first kappa shape index (κ1) is 17.3. The molecule has 1 N–H and O–H groups in total. The summed E-state index contributed by atoms with van der Waals surface area (Å²) in [4.78, 5) is 23.8. The summed E-state index contributed by atoms with van der Waals surface area (Å²) in [7, 11) is 1.54. The standard InChI is InChI=1S/C18H25NO4/c1-13(20)16-11-15(22-2)9-10-17(16)23-12-18(21)19-14-7-5-3-4-6-8-14/h9-11,14H,3-8,12H2,1-2H3,(H,19,21). The number of ether oxygens (including phenoxy) is 2. The van der Waals surface area contributed by atoms with Crippen LogP contribution >= 0.6 is 0 Å². The molecule has 0 aliphatic heterocycles.